The van der Waals surface area contributed by atoms with Crippen molar-refractivity contribution in [2.75, 3.05) is 19.6 Å². The van der Waals surface area contributed by atoms with Crippen molar-refractivity contribution in [2.24, 2.45) is 5.92 Å². The zero-order valence-corrected chi connectivity index (χ0v) is 13.8. The first-order valence-electron chi connectivity index (χ1n) is 8.66. The van der Waals surface area contributed by atoms with Gasteiger partial charge in [0.1, 0.15) is 0 Å². The first-order chi connectivity index (χ1) is 11.2. The lowest BCUT2D eigenvalue weighted by atomic mass is 9.92. The van der Waals surface area contributed by atoms with Crippen LogP contribution in [0.25, 0.3) is 0 Å². The maximum absolute atomic E-state index is 12.8. The third-order valence-corrected chi connectivity index (χ3v) is 5.14. The largest absolute Gasteiger partial charge is 0.342 e. The van der Waals surface area contributed by atoms with Crippen molar-refractivity contribution >= 4 is 11.8 Å². The van der Waals surface area contributed by atoms with Crippen molar-refractivity contribution in [3.05, 3.63) is 30.1 Å². The number of aromatic nitrogens is 1. The molecule has 1 aromatic heterocycles. The SMILES string of the molecule is CCN(CCc1ccncc1)C(=O)C1CC(=O)N(C2CCC2)C1. The summed E-state index contributed by atoms with van der Waals surface area (Å²) in [7, 11) is 0. The molecule has 1 saturated heterocycles. The Morgan fingerprint density at radius 1 is 1.35 bits per heavy atom. The fourth-order valence-corrected chi connectivity index (χ4v) is 3.44. The fraction of sp³-hybridized carbons (Fsp3) is 0.611. The average Bonchev–Trinajstić information content (AvgIpc) is 2.89. The van der Waals surface area contributed by atoms with Crippen molar-refractivity contribution in [1.82, 2.24) is 14.8 Å². The van der Waals surface area contributed by atoms with Gasteiger partial charge < -0.3 is 9.80 Å². The molecule has 1 atom stereocenters. The second-order valence-electron chi connectivity index (χ2n) is 6.56. The smallest absolute Gasteiger partial charge is 0.227 e. The van der Waals surface area contributed by atoms with E-state index in [1.54, 1.807) is 12.4 Å². The molecule has 1 saturated carbocycles. The van der Waals surface area contributed by atoms with Crippen molar-refractivity contribution in [3.63, 3.8) is 0 Å². The molecule has 1 aromatic rings. The average molecular weight is 315 g/mol. The van der Waals surface area contributed by atoms with E-state index in [2.05, 4.69) is 4.98 Å². The lowest BCUT2D eigenvalue weighted by Crippen LogP contribution is -2.43. The minimum absolute atomic E-state index is 0.136. The van der Waals surface area contributed by atoms with E-state index >= 15 is 0 Å². The van der Waals surface area contributed by atoms with Gasteiger partial charge in [-0.15, -0.1) is 0 Å². The number of nitrogens with zero attached hydrogens (tertiary/aromatic N) is 3. The zero-order valence-electron chi connectivity index (χ0n) is 13.8. The van der Waals surface area contributed by atoms with Crippen LogP contribution in [0.15, 0.2) is 24.5 Å². The molecule has 2 heterocycles. The van der Waals surface area contributed by atoms with Crippen LogP contribution in [0.3, 0.4) is 0 Å². The van der Waals surface area contributed by atoms with Crippen LogP contribution in [0.1, 0.15) is 38.2 Å². The monoisotopic (exact) mass is 315 g/mol. The standard InChI is InChI=1S/C18H25N3O2/c1-2-20(11-8-14-6-9-19-10-7-14)18(23)15-12-17(22)21(13-15)16-4-3-5-16/h6-7,9-10,15-16H,2-5,8,11-13H2,1H3. The molecule has 23 heavy (non-hydrogen) atoms. The third-order valence-electron chi connectivity index (χ3n) is 5.14. The Hall–Kier alpha value is -1.91. The first-order valence-corrected chi connectivity index (χ1v) is 8.66. The van der Waals surface area contributed by atoms with Gasteiger partial charge in [-0.05, 0) is 50.3 Å². The summed E-state index contributed by atoms with van der Waals surface area (Å²) >= 11 is 0. The maximum atomic E-state index is 12.8. The number of pyridine rings is 1. The van der Waals surface area contributed by atoms with E-state index in [0.717, 1.165) is 19.3 Å². The molecular weight excluding hydrogens is 290 g/mol. The molecule has 5 heteroatoms. The van der Waals surface area contributed by atoms with Gasteiger partial charge in [-0.1, -0.05) is 0 Å². The Labute approximate surface area is 137 Å². The van der Waals surface area contributed by atoms with Crippen LogP contribution in [-0.4, -0.2) is 52.3 Å². The summed E-state index contributed by atoms with van der Waals surface area (Å²) in [5.41, 5.74) is 1.19. The highest BCUT2D eigenvalue weighted by Gasteiger charge is 2.40. The van der Waals surface area contributed by atoms with Crippen LogP contribution in [0, 0.1) is 5.92 Å². The van der Waals surface area contributed by atoms with Crippen molar-refractivity contribution in [2.45, 2.75) is 45.1 Å². The van der Waals surface area contributed by atoms with Gasteiger partial charge in [0.05, 0.1) is 5.92 Å². The number of carbonyl (C=O) groups excluding carboxylic acids is 2. The summed E-state index contributed by atoms with van der Waals surface area (Å²) in [6.45, 7) is 4.02. The maximum Gasteiger partial charge on any atom is 0.227 e. The zero-order chi connectivity index (χ0) is 16.2. The van der Waals surface area contributed by atoms with Gasteiger partial charge in [-0.2, -0.15) is 0 Å². The molecule has 0 aromatic carbocycles. The molecule has 2 amide bonds. The lowest BCUT2D eigenvalue weighted by Gasteiger charge is -2.35. The normalized spacial score (nSPS) is 21.3. The highest BCUT2D eigenvalue weighted by Crippen LogP contribution is 2.31. The molecule has 0 radical (unpaired) electrons. The van der Waals surface area contributed by atoms with Gasteiger partial charge in [0.2, 0.25) is 11.8 Å². The Balaban J connectivity index is 1.56. The van der Waals surface area contributed by atoms with Crippen LogP contribution >= 0.6 is 0 Å². The number of hydrogen-bond acceptors (Lipinski definition) is 3. The van der Waals surface area contributed by atoms with Crippen molar-refractivity contribution in [3.8, 4) is 0 Å². The number of carbonyl (C=O) groups is 2. The third kappa shape index (κ3) is 3.54. The summed E-state index contributed by atoms with van der Waals surface area (Å²) in [4.78, 5) is 32.8. The molecule has 1 aliphatic carbocycles. The van der Waals surface area contributed by atoms with E-state index in [0.29, 0.717) is 32.1 Å². The molecule has 1 unspecified atom stereocenters. The summed E-state index contributed by atoms with van der Waals surface area (Å²) in [6.07, 6.45) is 8.19. The van der Waals surface area contributed by atoms with Crippen molar-refractivity contribution < 1.29 is 9.59 Å². The Morgan fingerprint density at radius 2 is 2.09 bits per heavy atom. The molecule has 2 aliphatic rings. The fourth-order valence-electron chi connectivity index (χ4n) is 3.44. The molecule has 3 rings (SSSR count). The van der Waals surface area contributed by atoms with Crippen molar-refractivity contribution in [1.29, 1.82) is 0 Å². The van der Waals surface area contributed by atoms with E-state index in [1.165, 1.54) is 12.0 Å². The molecule has 0 spiro atoms. The minimum Gasteiger partial charge on any atom is -0.342 e. The Bertz CT molecular complexity index is 557. The molecule has 1 aliphatic heterocycles. The molecular formula is C18H25N3O2. The van der Waals surface area contributed by atoms with Crippen LogP contribution in [0.2, 0.25) is 0 Å². The Morgan fingerprint density at radius 3 is 2.70 bits per heavy atom. The van der Waals surface area contributed by atoms with Crippen LogP contribution in [-0.2, 0) is 16.0 Å². The van der Waals surface area contributed by atoms with Gasteiger partial charge in [-0.3, -0.25) is 14.6 Å². The summed E-state index contributed by atoms with van der Waals surface area (Å²) in [5, 5.41) is 0. The minimum atomic E-state index is -0.152. The number of amides is 2. The van der Waals surface area contributed by atoms with E-state index in [-0.39, 0.29) is 17.7 Å². The Kier molecular flexibility index (Phi) is 4.94. The number of rotatable bonds is 6. The number of likely N-dealkylation sites (tertiary alicyclic amines) is 1. The van der Waals surface area contributed by atoms with Crippen LogP contribution < -0.4 is 0 Å². The van der Waals surface area contributed by atoms with Crippen LogP contribution in [0.5, 0.6) is 0 Å². The van der Waals surface area contributed by atoms with Gasteiger partial charge in [0, 0.05) is 44.5 Å². The van der Waals surface area contributed by atoms with E-state index in [9.17, 15) is 9.59 Å². The lowest BCUT2D eigenvalue weighted by molar-refractivity contribution is -0.135. The summed E-state index contributed by atoms with van der Waals surface area (Å²) in [5.74, 6) is 0.149. The molecule has 2 fully saturated rings. The van der Waals surface area contributed by atoms with E-state index < -0.39 is 0 Å². The summed E-state index contributed by atoms with van der Waals surface area (Å²) in [6, 6.07) is 4.36. The molecule has 0 N–H and O–H groups in total. The van der Waals surface area contributed by atoms with Gasteiger partial charge >= 0.3 is 0 Å². The number of likely N-dealkylation sites (N-methyl/N-ethyl adjacent to an activating group) is 1. The quantitative estimate of drug-likeness (QED) is 0.805. The van der Waals surface area contributed by atoms with Gasteiger partial charge in [0.25, 0.3) is 0 Å². The predicted octanol–water partition coefficient (Wildman–Crippen LogP) is 1.87. The molecule has 124 valence electrons. The summed E-state index contributed by atoms with van der Waals surface area (Å²) < 4.78 is 0. The molecule has 0 bridgehead atoms. The second kappa shape index (κ2) is 7.11. The molecule has 5 nitrogen and oxygen atoms in total. The van der Waals surface area contributed by atoms with E-state index in [1.807, 2.05) is 28.9 Å². The predicted molar refractivity (Wildman–Crippen MR) is 87.7 cm³/mol. The second-order valence-corrected chi connectivity index (χ2v) is 6.56. The van der Waals surface area contributed by atoms with Gasteiger partial charge in [0.15, 0.2) is 0 Å². The van der Waals surface area contributed by atoms with E-state index in [4.69, 9.17) is 0 Å². The number of hydrogen-bond donors (Lipinski definition) is 0. The van der Waals surface area contributed by atoms with Gasteiger partial charge in [-0.25, -0.2) is 0 Å². The van der Waals surface area contributed by atoms with Crippen LogP contribution in [0.4, 0.5) is 0 Å². The highest BCUT2D eigenvalue weighted by molar-refractivity contribution is 5.89. The topological polar surface area (TPSA) is 53.5 Å². The first kappa shape index (κ1) is 16.0. The highest BCUT2D eigenvalue weighted by atomic mass is 16.2.